The molecule has 0 atom stereocenters. The molecule has 0 unspecified atom stereocenters. The Labute approximate surface area is 145 Å². The van der Waals surface area contributed by atoms with E-state index < -0.39 is 4.92 Å². The average Bonchev–Trinajstić information content (AvgIpc) is 3.07. The number of nitrogens with zero attached hydrogens (tertiary/aromatic N) is 5. The lowest BCUT2D eigenvalue weighted by Crippen LogP contribution is -2.23. The highest BCUT2D eigenvalue weighted by Gasteiger charge is 2.30. The van der Waals surface area contributed by atoms with Crippen molar-refractivity contribution in [2.45, 2.75) is 6.92 Å². The van der Waals surface area contributed by atoms with Crippen LogP contribution in [0.25, 0.3) is 6.08 Å². The third-order valence-electron chi connectivity index (χ3n) is 3.11. The van der Waals surface area contributed by atoms with Crippen molar-refractivity contribution in [3.05, 3.63) is 49.9 Å². The molecule has 1 aliphatic heterocycles. The molecule has 122 valence electrons. The number of likely N-dealkylation sites (N-methyl/N-ethyl adjacent to an activating group) is 1. The Balaban J connectivity index is 1.85. The quantitative estimate of drug-likeness (QED) is 0.473. The van der Waals surface area contributed by atoms with Gasteiger partial charge in [0.25, 0.3) is 11.6 Å². The van der Waals surface area contributed by atoms with E-state index in [4.69, 9.17) is 0 Å². The number of aromatic nitrogens is 2. The average molecular weight is 361 g/mol. The number of aryl methyl sites for hydroxylation is 1. The summed E-state index contributed by atoms with van der Waals surface area (Å²) in [6.45, 7) is 1.83. The van der Waals surface area contributed by atoms with Crippen molar-refractivity contribution in [1.82, 2.24) is 15.1 Å². The molecule has 1 aliphatic rings. The monoisotopic (exact) mass is 361 g/mol. The molecule has 10 heteroatoms. The summed E-state index contributed by atoms with van der Waals surface area (Å²) in [7, 11) is 1.64. The maximum Gasteiger partial charge on any atom is 0.269 e. The van der Waals surface area contributed by atoms with Gasteiger partial charge < -0.3 is 0 Å². The molecule has 0 spiro atoms. The highest BCUT2D eigenvalue weighted by Crippen LogP contribution is 2.33. The van der Waals surface area contributed by atoms with Gasteiger partial charge in [0.05, 0.1) is 9.83 Å². The second-order valence-electron chi connectivity index (χ2n) is 4.82. The van der Waals surface area contributed by atoms with Gasteiger partial charge in [0.15, 0.2) is 5.17 Å². The summed E-state index contributed by atoms with van der Waals surface area (Å²) in [6.07, 6.45) is 1.68. The van der Waals surface area contributed by atoms with Crippen LogP contribution in [-0.4, -0.2) is 38.1 Å². The fraction of sp³-hybridized carbons (Fsp3) is 0.143. The second kappa shape index (κ2) is 6.49. The lowest BCUT2D eigenvalue weighted by Gasteiger charge is -2.05. The molecule has 0 bridgehead atoms. The molecular weight excluding hydrogens is 350 g/mol. The molecule has 1 aromatic carbocycles. The molecule has 0 N–H and O–H groups in total. The van der Waals surface area contributed by atoms with Gasteiger partial charge in [0.1, 0.15) is 5.01 Å². The van der Waals surface area contributed by atoms with Crippen LogP contribution in [0.1, 0.15) is 10.6 Å². The van der Waals surface area contributed by atoms with Crippen LogP contribution in [0.5, 0.6) is 0 Å². The lowest BCUT2D eigenvalue weighted by atomic mass is 10.2. The smallest absolute Gasteiger partial charge is 0.269 e. The zero-order chi connectivity index (χ0) is 17.3. The van der Waals surface area contributed by atoms with E-state index in [9.17, 15) is 14.9 Å². The van der Waals surface area contributed by atoms with E-state index in [0.29, 0.717) is 20.8 Å². The molecule has 1 fully saturated rings. The minimum Gasteiger partial charge on any atom is -0.289 e. The van der Waals surface area contributed by atoms with Crippen molar-refractivity contribution >= 4 is 51.1 Å². The summed E-state index contributed by atoms with van der Waals surface area (Å²) in [5, 5.41) is 20.3. The van der Waals surface area contributed by atoms with Crippen LogP contribution in [0.3, 0.4) is 0 Å². The van der Waals surface area contributed by atoms with E-state index in [-0.39, 0.29) is 11.6 Å². The lowest BCUT2D eigenvalue weighted by molar-refractivity contribution is -0.384. The Hall–Kier alpha value is -2.59. The summed E-state index contributed by atoms with van der Waals surface area (Å²) in [6, 6.07) is 6.00. The molecule has 0 aliphatic carbocycles. The van der Waals surface area contributed by atoms with Gasteiger partial charge in [-0.3, -0.25) is 19.8 Å². The van der Waals surface area contributed by atoms with Crippen molar-refractivity contribution in [3.63, 3.8) is 0 Å². The van der Waals surface area contributed by atoms with Crippen molar-refractivity contribution < 1.29 is 9.72 Å². The number of nitro benzene ring substituents is 1. The minimum atomic E-state index is -0.463. The number of amidine groups is 1. The van der Waals surface area contributed by atoms with Gasteiger partial charge in [-0.2, -0.15) is 4.99 Å². The van der Waals surface area contributed by atoms with Crippen LogP contribution in [0.2, 0.25) is 0 Å². The molecule has 2 aromatic rings. The van der Waals surface area contributed by atoms with Gasteiger partial charge in [-0.1, -0.05) is 11.3 Å². The van der Waals surface area contributed by atoms with Crippen molar-refractivity contribution in [2.75, 3.05) is 7.05 Å². The number of thioether (sulfide) groups is 1. The number of rotatable bonds is 3. The maximum atomic E-state index is 12.3. The summed E-state index contributed by atoms with van der Waals surface area (Å²) >= 11 is 2.57. The van der Waals surface area contributed by atoms with Gasteiger partial charge in [0.2, 0.25) is 5.13 Å². The molecule has 1 saturated heterocycles. The fourth-order valence-electron chi connectivity index (χ4n) is 1.91. The number of non-ortho nitro benzene ring substituents is 1. The van der Waals surface area contributed by atoms with E-state index in [0.717, 1.165) is 5.01 Å². The normalized spacial score (nSPS) is 17.9. The van der Waals surface area contributed by atoms with Crippen LogP contribution in [0.4, 0.5) is 10.8 Å². The molecular formula is C14H11N5O3S2. The van der Waals surface area contributed by atoms with Gasteiger partial charge in [-0.15, -0.1) is 10.2 Å². The van der Waals surface area contributed by atoms with E-state index in [2.05, 4.69) is 15.2 Å². The fourth-order valence-corrected chi connectivity index (χ4v) is 3.49. The first kappa shape index (κ1) is 16.3. The van der Waals surface area contributed by atoms with Gasteiger partial charge in [-0.05, 0) is 42.5 Å². The van der Waals surface area contributed by atoms with Crippen LogP contribution < -0.4 is 0 Å². The predicted octanol–water partition coefficient (Wildman–Crippen LogP) is 2.99. The zero-order valence-electron chi connectivity index (χ0n) is 12.7. The number of carbonyl (C=O) groups is 1. The molecule has 0 radical (unpaired) electrons. The number of hydrogen-bond acceptors (Lipinski definition) is 8. The summed E-state index contributed by atoms with van der Waals surface area (Å²) in [5.74, 6) is -0.182. The summed E-state index contributed by atoms with van der Waals surface area (Å²) in [4.78, 5) is 28.8. The Kier molecular flexibility index (Phi) is 4.40. The Morgan fingerprint density at radius 3 is 2.58 bits per heavy atom. The van der Waals surface area contributed by atoms with Gasteiger partial charge in [0, 0.05) is 19.2 Å². The van der Waals surface area contributed by atoms with E-state index >= 15 is 0 Å². The number of nitro groups is 1. The largest absolute Gasteiger partial charge is 0.289 e. The number of aliphatic imine (C=N–C) groups is 1. The van der Waals surface area contributed by atoms with Crippen LogP contribution in [0.15, 0.2) is 34.2 Å². The predicted molar refractivity (Wildman–Crippen MR) is 93.2 cm³/mol. The highest BCUT2D eigenvalue weighted by molar-refractivity contribution is 8.18. The van der Waals surface area contributed by atoms with Crippen LogP contribution in [0, 0.1) is 17.0 Å². The van der Waals surface area contributed by atoms with Crippen LogP contribution >= 0.6 is 23.1 Å². The Morgan fingerprint density at radius 2 is 2.00 bits per heavy atom. The van der Waals surface area contributed by atoms with Crippen molar-refractivity contribution in [1.29, 1.82) is 0 Å². The van der Waals surface area contributed by atoms with Gasteiger partial charge >= 0.3 is 0 Å². The van der Waals surface area contributed by atoms with Gasteiger partial charge in [-0.25, -0.2) is 0 Å². The topological polar surface area (TPSA) is 102 Å². The summed E-state index contributed by atoms with van der Waals surface area (Å²) in [5.41, 5.74) is 0.714. The third kappa shape index (κ3) is 3.34. The molecule has 3 rings (SSSR count). The minimum absolute atomic E-state index is 0.00793. The molecule has 0 saturated carbocycles. The maximum absolute atomic E-state index is 12.3. The number of benzene rings is 1. The Morgan fingerprint density at radius 1 is 1.29 bits per heavy atom. The number of hydrogen-bond donors (Lipinski definition) is 0. The highest BCUT2D eigenvalue weighted by atomic mass is 32.2. The van der Waals surface area contributed by atoms with E-state index in [1.807, 2.05) is 6.92 Å². The molecule has 2 heterocycles. The molecule has 1 amide bonds. The molecule has 1 aromatic heterocycles. The molecule has 24 heavy (non-hydrogen) atoms. The standard InChI is InChI=1S/C14H11N5O3S2/c1-8-16-17-13(23-8)15-14-18(2)12(20)11(24-14)7-9-3-5-10(6-4-9)19(21)22/h3-7H,1-2H3/b11-7-,15-14+. The SMILES string of the molecule is Cc1nnc(/N=C2/S/C(=C\c3ccc([N+](=O)[O-])cc3)C(=O)N2C)s1. The van der Waals surface area contributed by atoms with Crippen molar-refractivity contribution in [2.24, 2.45) is 4.99 Å². The zero-order valence-corrected chi connectivity index (χ0v) is 14.3. The van der Waals surface area contributed by atoms with E-state index in [1.165, 1.54) is 40.1 Å². The first-order valence-electron chi connectivity index (χ1n) is 6.75. The first-order valence-corrected chi connectivity index (χ1v) is 8.38. The Bertz CT molecular complexity index is 873. The first-order chi connectivity index (χ1) is 11.4. The van der Waals surface area contributed by atoms with Crippen LogP contribution in [-0.2, 0) is 4.79 Å². The second-order valence-corrected chi connectivity index (χ2v) is 6.99. The van der Waals surface area contributed by atoms with E-state index in [1.54, 1.807) is 25.3 Å². The summed E-state index contributed by atoms with van der Waals surface area (Å²) < 4.78 is 0. The third-order valence-corrected chi connectivity index (χ3v) is 4.90. The number of carbonyl (C=O) groups excluding carboxylic acids is 1. The number of amides is 1. The molecule has 8 nitrogen and oxygen atoms in total. The van der Waals surface area contributed by atoms with Crippen molar-refractivity contribution in [3.8, 4) is 0 Å².